The Labute approximate surface area is 102 Å². The van der Waals surface area contributed by atoms with Crippen LogP contribution in [0.1, 0.15) is 25.3 Å². The van der Waals surface area contributed by atoms with Crippen LogP contribution in [0.4, 0.5) is 0 Å². The highest BCUT2D eigenvalue weighted by atomic mass is 35.5. The fourth-order valence-electron chi connectivity index (χ4n) is 2.05. The van der Waals surface area contributed by atoms with E-state index in [1.807, 2.05) is 18.2 Å². The van der Waals surface area contributed by atoms with Crippen molar-refractivity contribution in [3.8, 4) is 0 Å². The van der Waals surface area contributed by atoms with Gasteiger partial charge in [0.25, 0.3) is 0 Å². The normalized spacial score (nSPS) is 22.2. The second-order valence-corrected chi connectivity index (χ2v) is 4.79. The Morgan fingerprint density at radius 3 is 3.12 bits per heavy atom. The molecule has 1 aliphatic rings. The van der Waals surface area contributed by atoms with Crippen LogP contribution >= 0.6 is 11.6 Å². The molecule has 0 bridgehead atoms. The molecular weight excluding hydrogens is 222 g/mol. The van der Waals surface area contributed by atoms with Crippen molar-refractivity contribution < 1.29 is 4.74 Å². The first-order chi connectivity index (χ1) is 7.75. The number of hydrogen-bond donors (Lipinski definition) is 1. The predicted molar refractivity (Wildman–Crippen MR) is 66.7 cm³/mol. The van der Waals surface area contributed by atoms with Gasteiger partial charge in [0, 0.05) is 24.2 Å². The maximum Gasteiger partial charge on any atom is 0.0726 e. The van der Waals surface area contributed by atoms with Crippen LogP contribution in [0.15, 0.2) is 24.3 Å². The van der Waals surface area contributed by atoms with Gasteiger partial charge in [0.05, 0.1) is 6.10 Å². The van der Waals surface area contributed by atoms with Crippen LogP contribution in [-0.4, -0.2) is 18.8 Å². The molecule has 0 aromatic heterocycles. The highest BCUT2D eigenvalue weighted by molar-refractivity contribution is 6.30. The Morgan fingerprint density at radius 1 is 1.56 bits per heavy atom. The fourth-order valence-corrected chi connectivity index (χ4v) is 2.27. The van der Waals surface area contributed by atoms with E-state index in [-0.39, 0.29) is 0 Å². The van der Waals surface area contributed by atoms with Crippen molar-refractivity contribution in [1.82, 2.24) is 5.32 Å². The van der Waals surface area contributed by atoms with Crippen molar-refractivity contribution in [2.24, 2.45) is 0 Å². The van der Waals surface area contributed by atoms with Gasteiger partial charge in [-0.2, -0.15) is 0 Å². The molecule has 0 radical (unpaired) electrons. The van der Waals surface area contributed by atoms with Crippen LogP contribution in [0, 0.1) is 0 Å². The molecule has 1 heterocycles. The van der Waals surface area contributed by atoms with Crippen molar-refractivity contribution in [2.75, 3.05) is 6.61 Å². The highest BCUT2D eigenvalue weighted by Crippen LogP contribution is 2.16. The van der Waals surface area contributed by atoms with Gasteiger partial charge in [0.2, 0.25) is 0 Å². The van der Waals surface area contributed by atoms with E-state index in [4.69, 9.17) is 16.3 Å². The monoisotopic (exact) mass is 239 g/mol. The standard InChI is InChI=1S/C13H18ClNO/c1-10(13-6-3-7-16-13)15-9-11-4-2-5-12(14)8-11/h2,4-5,8,10,13,15H,3,6-7,9H2,1H3. The van der Waals surface area contributed by atoms with Crippen molar-refractivity contribution in [3.63, 3.8) is 0 Å². The third-order valence-electron chi connectivity index (χ3n) is 3.04. The van der Waals surface area contributed by atoms with E-state index in [2.05, 4.69) is 18.3 Å². The van der Waals surface area contributed by atoms with Gasteiger partial charge < -0.3 is 10.1 Å². The van der Waals surface area contributed by atoms with Crippen LogP contribution in [0.5, 0.6) is 0 Å². The maximum atomic E-state index is 5.93. The van der Waals surface area contributed by atoms with E-state index >= 15 is 0 Å². The van der Waals surface area contributed by atoms with Gasteiger partial charge in [-0.1, -0.05) is 23.7 Å². The highest BCUT2D eigenvalue weighted by Gasteiger charge is 2.21. The molecule has 88 valence electrons. The SMILES string of the molecule is CC(NCc1cccc(Cl)c1)C1CCCO1. The van der Waals surface area contributed by atoms with Crippen LogP contribution < -0.4 is 5.32 Å². The van der Waals surface area contributed by atoms with Crippen LogP contribution in [0.3, 0.4) is 0 Å². The molecule has 0 spiro atoms. The molecule has 0 amide bonds. The zero-order valence-electron chi connectivity index (χ0n) is 9.58. The molecule has 2 rings (SSSR count). The average molecular weight is 240 g/mol. The first-order valence-corrected chi connectivity index (χ1v) is 6.23. The third-order valence-corrected chi connectivity index (χ3v) is 3.27. The minimum Gasteiger partial charge on any atom is -0.377 e. The van der Waals surface area contributed by atoms with Crippen molar-refractivity contribution in [1.29, 1.82) is 0 Å². The predicted octanol–water partition coefficient (Wildman–Crippen LogP) is 3.00. The molecular formula is C13H18ClNO. The Morgan fingerprint density at radius 2 is 2.44 bits per heavy atom. The van der Waals surface area contributed by atoms with Gasteiger partial charge in [-0.05, 0) is 37.5 Å². The van der Waals surface area contributed by atoms with Crippen molar-refractivity contribution >= 4 is 11.6 Å². The van der Waals surface area contributed by atoms with Crippen LogP contribution in [-0.2, 0) is 11.3 Å². The summed E-state index contributed by atoms with van der Waals surface area (Å²) in [5.74, 6) is 0. The summed E-state index contributed by atoms with van der Waals surface area (Å²) in [6.07, 6.45) is 2.73. The van der Waals surface area contributed by atoms with Gasteiger partial charge in [-0.3, -0.25) is 0 Å². The molecule has 0 aliphatic carbocycles. The number of hydrogen-bond acceptors (Lipinski definition) is 2. The summed E-state index contributed by atoms with van der Waals surface area (Å²) in [6, 6.07) is 8.36. The van der Waals surface area contributed by atoms with Gasteiger partial charge in [0.1, 0.15) is 0 Å². The molecule has 2 unspecified atom stereocenters. The summed E-state index contributed by atoms with van der Waals surface area (Å²) in [5.41, 5.74) is 1.22. The summed E-state index contributed by atoms with van der Waals surface area (Å²) < 4.78 is 5.64. The molecule has 1 N–H and O–H groups in total. The van der Waals surface area contributed by atoms with Crippen molar-refractivity contribution in [2.45, 2.75) is 38.5 Å². The Kier molecular flexibility index (Phi) is 4.22. The molecule has 0 saturated carbocycles. The molecule has 1 saturated heterocycles. The molecule has 1 fully saturated rings. The van der Waals surface area contributed by atoms with E-state index in [1.54, 1.807) is 0 Å². The molecule has 1 aromatic carbocycles. The zero-order chi connectivity index (χ0) is 11.4. The molecule has 2 nitrogen and oxygen atoms in total. The van der Waals surface area contributed by atoms with E-state index in [0.717, 1.165) is 18.2 Å². The second-order valence-electron chi connectivity index (χ2n) is 4.35. The van der Waals surface area contributed by atoms with E-state index < -0.39 is 0 Å². The first-order valence-electron chi connectivity index (χ1n) is 5.85. The smallest absolute Gasteiger partial charge is 0.0726 e. The van der Waals surface area contributed by atoms with Gasteiger partial charge in [0.15, 0.2) is 0 Å². The van der Waals surface area contributed by atoms with Crippen LogP contribution in [0.25, 0.3) is 0 Å². The molecule has 1 aliphatic heterocycles. The Bertz CT molecular complexity index is 336. The van der Waals surface area contributed by atoms with Gasteiger partial charge >= 0.3 is 0 Å². The Hall–Kier alpha value is -0.570. The van der Waals surface area contributed by atoms with E-state index in [9.17, 15) is 0 Å². The van der Waals surface area contributed by atoms with Gasteiger partial charge in [-0.15, -0.1) is 0 Å². The van der Waals surface area contributed by atoms with E-state index in [1.165, 1.54) is 18.4 Å². The summed E-state index contributed by atoms with van der Waals surface area (Å²) in [4.78, 5) is 0. The fraction of sp³-hybridized carbons (Fsp3) is 0.538. The summed E-state index contributed by atoms with van der Waals surface area (Å²) in [6.45, 7) is 3.94. The van der Waals surface area contributed by atoms with Crippen molar-refractivity contribution in [3.05, 3.63) is 34.9 Å². The number of ether oxygens (including phenoxy) is 1. The summed E-state index contributed by atoms with van der Waals surface area (Å²) in [7, 11) is 0. The number of benzene rings is 1. The summed E-state index contributed by atoms with van der Waals surface area (Å²) >= 11 is 5.93. The lowest BCUT2D eigenvalue weighted by Gasteiger charge is -2.20. The topological polar surface area (TPSA) is 21.3 Å². The Balaban J connectivity index is 1.82. The third kappa shape index (κ3) is 3.21. The number of halogens is 1. The van der Waals surface area contributed by atoms with Gasteiger partial charge in [-0.25, -0.2) is 0 Å². The minimum absolute atomic E-state index is 0.374. The lowest BCUT2D eigenvalue weighted by molar-refractivity contribution is 0.0832. The lowest BCUT2D eigenvalue weighted by Crippen LogP contribution is -2.36. The first kappa shape index (κ1) is 11.9. The lowest BCUT2D eigenvalue weighted by atomic mass is 10.1. The van der Waals surface area contributed by atoms with Crippen LogP contribution in [0.2, 0.25) is 5.02 Å². The maximum absolute atomic E-state index is 5.93. The minimum atomic E-state index is 0.374. The number of rotatable bonds is 4. The molecule has 16 heavy (non-hydrogen) atoms. The zero-order valence-corrected chi connectivity index (χ0v) is 10.3. The van der Waals surface area contributed by atoms with E-state index in [0.29, 0.717) is 12.1 Å². The second kappa shape index (κ2) is 5.67. The number of nitrogens with one attached hydrogen (secondary N) is 1. The summed E-state index contributed by atoms with van der Waals surface area (Å²) in [5, 5.41) is 4.28. The average Bonchev–Trinajstić information content (AvgIpc) is 2.79. The quantitative estimate of drug-likeness (QED) is 0.872. The molecule has 1 aromatic rings. The molecule has 3 heteroatoms. The largest absolute Gasteiger partial charge is 0.377 e. The molecule has 2 atom stereocenters.